The van der Waals surface area contributed by atoms with Crippen molar-refractivity contribution in [1.29, 1.82) is 0 Å². The van der Waals surface area contributed by atoms with Crippen LogP contribution >= 0.6 is 0 Å². The second kappa shape index (κ2) is 17.7. The summed E-state index contributed by atoms with van der Waals surface area (Å²) >= 11 is 0. The van der Waals surface area contributed by atoms with E-state index in [1.807, 2.05) is 44.2 Å². The Morgan fingerprint density at radius 3 is 2.38 bits per heavy atom. The molecule has 0 spiro atoms. The van der Waals surface area contributed by atoms with Crippen molar-refractivity contribution in [1.82, 2.24) is 30.7 Å². The molecule has 0 saturated carbocycles. The van der Waals surface area contributed by atoms with Crippen molar-refractivity contribution in [2.75, 3.05) is 26.2 Å². The van der Waals surface area contributed by atoms with E-state index in [0.29, 0.717) is 38.6 Å². The molecule has 2 aromatic carbocycles. The van der Waals surface area contributed by atoms with Gasteiger partial charge in [0.15, 0.2) is 0 Å². The quantitative estimate of drug-likeness (QED) is 0.357. The van der Waals surface area contributed by atoms with Crippen molar-refractivity contribution in [3.8, 4) is 0 Å². The van der Waals surface area contributed by atoms with E-state index in [0.717, 1.165) is 42.4 Å². The van der Waals surface area contributed by atoms with Crippen LogP contribution in [0.3, 0.4) is 0 Å². The molecule has 4 heterocycles. The fourth-order valence-corrected chi connectivity index (χ4v) is 9.44. The first-order valence-electron chi connectivity index (χ1n) is 21.0. The van der Waals surface area contributed by atoms with Crippen LogP contribution in [-0.4, -0.2) is 119 Å². The molecule has 58 heavy (non-hydrogen) atoms. The van der Waals surface area contributed by atoms with E-state index < -0.39 is 72.5 Å². The summed E-state index contributed by atoms with van der Waals surface area (Å²) in [5.41, 5.74) is 5.14. The van der Waals surface area contributed by atoms with Crippen LogP contribution in [0.4, 0.5) is 0 Å². The highest BCUT2D eigenvalue weighted by atomic mass is 16.5. The Morgan fingerprint density at radius 1 is 0.810 bits per heavy atom. The molecule has 4 aliphatic heterocycles. The SMILES string of the molecule is Cc1cccc(C[C@H](NC(=O)Cc2ccc3c(c2)CCC3)C(=O)N[C@H]2COC(=O)[C@@H]3C[C@@H](C)CN3C(=O)[C@H](C)NC(=O)[C@@H]3CCCCN3C(=O)[C@@H]3CCCN3C2=O)c1. The molecule has 0 radical (unpaired) electrons. The smallest absolute Gasteiger partial charge is 0.328 e. The molecule has 2 aromatic rings. The Hall–Kier alpha value is -5.27. The lowest BCUT2D eigenvalue weighted by Crippen LogP contribution is -2.62. The Morgan fingerprint density at radius 2 is 1.57 bits per heavy atom. The molecule has 310 valence electrons. The van der Waals surface area contributed by atoms with E-state index in [1.165, 1.54) is 25.8 Å². The molecule has 7 atom stereocenters. The summed E-state index contributed by atoms with van der Waals surface area (Å²) in [5.74, 6) is -3.66. The summed E-state index contributed by atoms with van der Waals surface area (Å²) in [7, 11) is 0. The molecule has 0 bridgehead atoms. The molecular weight excluding hydrogens is 741 g/mol. The maximum absolute atomic E-state index is 14.6. The first kappa shape index (κ1) is 40.9. The van der Waals surface area contributed by atoms with E-state index in [4.69, 9.17) is 4.74 Å². The van der Waals surface area contributed by atoms with E-state index in [-0.39, 0.29) is 43.7 Å². The van der Waals surface area contributed by atoms with E-state index in [2.05, 4.69) is 28.1 Å². The number of fused-ring (bicyclic) bond motifs is 4. The Labute approximate surface area is 339 Å². The summed E-state index contributed by atoms with van der Waals surface area (Å²) in [6.45, 7) is 5.70. The van der Waals surface area contributed by atoms with Crippen molar-refractivity contribution < 1.29 is 38.3 Å². The van der Waals surface area contributed by atoms with Crippen LogP contribution in [0.25, 0.3) is 0 Å². The number of hydrogen-bond donors (Lipinski definition) is 3. The highest BCUT2D eigenvalue weighted by Crippen LogP contribution is 2.28. The zero-order valence-electron chi connectivity index (χ0n) is 33.8. The first-order valence-corrected chi connectivity index (χ1v) is 21.0. The summed E-state index contributed by atoms with van der Waals surface area (Å²) in [4.78, 5) is 103. The van der Waals surface area contributed by atoms with Gasteiger partial charge >= 0.3 is 5.97 Å². The second-order valence-corrected chi connectivity index (χ2v) is 16.9. The average molecular weight is 797 g/mol. The molecule has 4 saturated heterocycles. The minimum absolute atomic E-state index is 0.0387. The molecule has 5 aliphatic rings. The summed E-state index contributed by atoms with van der Waals surface area (Å²) in [6.07, 6.45) is 6.27. The molecule has 3 N–H and O–H groups in total. The number of benzene rings is 2. The Balaban J connectivity index is 1.17. The van der Waals surface area contributed by atoms with Gasteiger partial charge in [0.05, 0.1) is 6.42 Å². The van der Waals surface area contributed by atoms with Crippen molar-refractivity contribution in [2.45, 2.75) is 128 Å². The topological polar surface area (TPSA) is 175 Å². The Bertz CT molecular complexity index is 1950. The van der Waals surface area contributed by atoms with Gasteiger partial charge in [-0.3, -0.25) is 28.8 Å². The van der Waals surface area contributed by atoms with Crippen LogP contribution in [0.15, 0.2) is 42.5 Å². The number of nitrogens with one attached hydrogen (secondary N) is 3. The van der Waals surface area contributed by atoms with Crippen molar-refractivity contribution in [2.24, 2.45) is 5.92 Å². The van der Waals surface area contributed by atoms with Gasteiger partial charge in [-0.25, -0.2) is 4.79 Å². The molecule has 14 heteroatoms. The molecular formula is C44H56N6O8. The van der Waals surface area contributed by atoms with Gasteiger partial charge in [-0.15, -0.1) is 0 Å². The number of amides is 6. The number of ether oxygens (including phenoxy) is 1. The summed E-state index contributed by atoms with van der Waals surface area (Å²) in [6, 6.07) is 7.51. The minimum atomic E-state index is -1.41. The molecule has 7 rings (SSSR count). The average Bonchev–Trinajstić information content (AvgIpc) is 3.98. The number of aryl methyl sites for hydroxylation is 3. The number of cyclic esters (lactones) is 1. The van der Waals surface area contributed by atoms with Crippen molar-refractivity contribution >= 4 is 41.4 Å². The van der Waals surface area contributed by atoms with Gasteiger partial charge in [0, 0.05) is 26.1 Å². The van der Waals surface area contributed by atoms with Crippen LogP contribution < -0.4 is 16.0 Å². The maximum Gasteiger partial charge on any atom is 0.328 e. The molecule has 0 unspecified atom stereocenters. The van der Waals surface area contributed by atoms with Gasteiger partial charge < -0.3 is 35.4 Å². The van der Waals surface area contributed by atoms with E-state index in [1.54, 1.807) is 6.92 Å². The number of hydrogen-bond acceptors (Lipinski definition) is 8. The lowest BCUT2D eigenvalue weighted by atomic mass is 9.99. The number of nitrogens with zero attached hydrogens (tertiary/aromatic N) is 3. The van der Waals surface area contributed by atoms with E-state index >= 15 is 0 Å². The van der Waals surface area contributed by atoms with Crippen LogP contribution in [-0.2, 0) is 64.0 Å². The van der Waals surface area contributed by atoms with Gasteiger partial charge in [-0.1, -0.05) is 55.0 Å². The Kier molecular flexibility index (Phi) is 12.5. The molecule has 6 amide bonds. The van der Waals surface area contributed by atoms with Gasteiger partial charge in [0.25, 0.3) is 0 Å². The molecule has 14 nitrogen and oxygen atoms in total. The predicted molar refractivity (Wildman–Crippen MR) is 213 cm³/mol. The summed E-state index contributed by atoms with van der Waals surface area (Å²) < 4.78 is 5.80. The minimum Gasteiger partial charge on any atom is -0.461 e. The normalized spacial score (nSPS) is 27.2. The highest BCUT2D eigenvalue weighted by Gasteiger charge is 2.46. The van der Waals surface area contributed by atoms with Gasteiger partial charge in [0.1, 0.15) is 42.9 Å². The zero-order chi connectivity index (χ0) is 41.1. The molecule has 4 fully saturated rings. The molecule has 0 aromatic heterocycles. The molecule has 1 aliphatic carbocycles. The number of rotatable bonds is 7. The largest absolute Gasteiger partial charge is 0.461 e. The number of carbonyl (C=O) groups excluding carboxylic acids is 7. The third-order valence-electron chi connectivity index (χ3n) is 12.4. The number of carbonyl (C=O) groups is 7. The third-order valence-corrected chi connectivity index (χ3v) is 12.4. The lowest BCUT2D eigenvalue weighted by molar-refractivity contribution is -0.158. The van der Waals surface area contributed by atoms with Crippen LogP contribution in [0.1, 0.15) is 86.6 Å². The highest BCUT2D eigenvalue weighted by molar-refractivity contribution is 5.98. The lowest BCUT2D eigenvalue weighted by Gasteiger charge is -2.39. The monoisotopic (exact) mass is 796 g/mol. The standard InChI is InChI=1S/C44H56N6O8/c1-26-9-6-10-29(19-26)22-33(46-38(51)23-30-15-16-31-11-7-12-32(31)21-30)39(52)47-34-25-58-44(57)37-20-27(2)24-50(37)41(54)28(3)45-40(53)35-13-4-5-17-48(35)43(56)36-14-8-18-49(36)42(34)55/h6,9-10,15-16,19,21,27-28,33-37H,4-5,7-8,11-14,17-18,20,22-25H2,1-3H3,(H,45,53)(H,46,51)(H,47,52)/t27-,28+,33+,34+,35+,36+,37+/m1/s1. The number of esters is 1. The third kappa shape index (κ3) is 9.05. The maximum atomic E-state index is 14.6. The zero-order valence-corrected chi connectivity index (χ0v) is 33.8. The number of piperidine rings is 1. The first-order chi connectivity index (χ1) is 27.9. The van der Waals surface area contributed by atoms with Crippen LogP contribution in [0, 0.1) is 12.8 Å². The van der Waals surface area contributed by atoms with Gasteiger partial charge in [0.2, 0.25) is 35.4 Å². The van der Waals surface area contributed by atoms with Crippen LogP contribution in [0.2, 0.25) is 0 Å². The van der Waals surface area contributed by atoms with Gasteiger partial charge in [-0.05, 0) is 99.8 Å². The summed E-state index contributed by atoms with van der Waals surface area (Å²) in [5, 5.41) is 8.53. The predicted octanol–water partition coefficient (Wildman–Crippen LogP) is 1.91. The van der Waals surface area contributed by atoms with E-state index in [9.17, 15) is 33.6 Å². The fourth-order valence-electron chi connectivity index (χ4n) is 9.44. The fraction of sp³-hybridized carbons (Fsp3) is 0.568. The van der Waals surface area contributed by atoms with Crippen molar-refractivity contribution in [3.63, 3.8) is 0 Å². The second-order valence-electron chi connectivity index (χ2n) is 16.9. The van der Waals surface area contributed by atoms with Crippen LogP contribution in [0.5, 0.6) is 0 Å². The van der Waals surface area contributed by atoms with Gasteiger partial charge in [-0.2, -0.15) is 0 Å². The van der Waals surface area contributed by atoms with Crippen molar-refractivity contribution in [3.05, 3.63) is 70.3 Å².